The molecule has 0 aromatic heterocycles. The van der Waals surface area contributed by atoms with Gasteiger partial charge in [0.1, 0.15) is 5.82 Å². The molecule has 0 radical (unpaired) electrons. The van der Waals surface area contributed by atoms with Crippen molar-refractivity contribution in [2.24, 2.45) is 0 Å². The topological polar surface area (TPSA) is 23.8 Å². The molecular formula is C18H18FN. The first-order chi connectivity index (χ1) is 9.74. The number of unbranched alkanes of at least 4 members (excludes halogenated alkanes) is 2. The van der Waals surface area contributed by atoms with Crippen LogP contribution in [-0.2, 0) is 6.42 Å². The Morgan fingerprint density at radius 3 is 2.40 bits per heavy atom. The Balaban J connectivity index is 2.16. The van der Waals surface area contributed by atoms with E-state index < -0.39 is 0 Å². The molecule has 20 heavy (non-hydrogen) atoms. The van der Waals surface area contributed by atoms with Gasteiger partial charge < -0.3 is 0 Å². The van der Waals surface area contributed by atoms with Crippen molar-refractivity contribution in [2.75, 3.05) is 0 Å². The third-order valence-corrected chi connectivity index (χ3v) is 3.43. The minimum absolute atomic E-state index is 0.345. The van der Waals surface area contributed by atoms with E-state index in [1.54, 1.807) is 12.1 Å². The molecule has 0 amide bonds. The zero-order chi connectivity index (χ0) is 14.4. The second-order valence-electron chi connectivity index (χ2n) is 4.96. The first-order valence-corrected chi connectivity index (χ1v) is 7.03. The summed E-state index contributed by atoms with van der Waals surface area (Å²) >= 11 is 0. The van der Waals surface area contributed by atoms with E-state index in [0.29, 0.717) is 11.1 Å². The minimum atomic E-state index is -0.345. The van der Waals surface area contributed by atoms with E-state index >= 15 is 0 Å². The SMILES string of the molecule is CCCCCc1ccc(-c2ccc(C#N)cc2F)cc1. The number of halogens is 1. The zero-order valence-electron chi connectivity index (χ0n) is 11.7. The number of hydrogen-bond donors (Lipinski definition) is 0. The maximum atomic E-state index is 13.9. The van der Waals surface area contributed by atoms with Crippen molar-refractivity contribution in [3.05, 3.63) is 59.4 Å². The summed E-state index contributed by atoms with van der Waals surface area (Å²) in [6.07, 6.45) is 4.73. The standard InChI is InChI=1S/C18H18FN/c1-2-3-4-5-14-6-9-16(10-7-14)17-11-8-15(13-20)12-18(17)19/h6-12H,2-5H2,1H3. The van der Waals surface area contributed by atoms with Crippen molar-refractivity contribution in [3.63, 3.8) is 0 Å². The van der Waals surface area contributed by atoms with Gasteiger partial charge in [-0.3, -0.25) is 0 Å². The van der Waals surface area contributed by atoms with E-state index in [4.69, 9.17) is 5.26 Å². The Hall–Kier alpha value is -2.14. The lowest BCUT2D eigenvalue weighted by molar-refractivity contribution is 0.631. The van der Waals surface area contributed by atoms with Crippen LogP contribution < -0.4 is 0 Å². The summed E-state index contributed by atoms with van der Waals surface area (Å²) in [5.41, 5.74) is 3.04. The number of nitrogens with zero attached hydrogens (tertiary/aromatic N) is 1. The van der Waals surface area contributed by atoms with Crippen LogP contribution in [0.25, 0.3) is 11.1 Å². The number of aryl methyl sites for hydroxylation is 1. The molecule has 0 heterocycles. The minimum Gasteiger partial charge on any atom is -0.206 e. The van der Waals surface area contributed by atoms with E-state index in [1.165, 1.54) is 30.9 Å². The Kier molecular flexibility index (Phi) is 4.90. The molecule has 0 atom stereocenters. The third kappa shape index (κ3) is 3.45. The Bertz CT molecular complexity index is 608. The molecule has 2 aromatic carbocycles. The summed E-state index contributed by atoms with van der Waals surface area (Å²) in [7, 11) is 0. The molecule has 0 spiro atoms. The van der Waals surface area contributed by atoms with Gasteiger partial charge in [0.15, 0.2) is 0 Å². The Morgan fingerprint density at radius 1 is 1.05 bits per heavy atom. The number of nitriles is 1. The highest BCUT2D eigenvalue weighted by molar-refractivity contribution is 5.65. The summed E-state index contributed by atoms with van der Waals surface area (Å²) < 4.78 is 13.9. The highest BCUT2D eigenvalue weighted by Gasteiger charge is 2.06. The fraction of sp³-hybridized carbons (Fsp3) is 0.278. The first kappa shape index (κ1) is 14.3. The fourth-order valence-electron chi connectivity index (χ4n) is 2.25. The Labute approximate surface area is 119 Å². The van der Waals surface area contributed by atoms with Crippen LogP contribution in [0, 0.1) is 17.1 Å². The van der Waals surface area contributed by atoms with Gasteiger partial charge in [-0.1, -0.05) is 50.1 Å². The normalized spacial score (nSPS) is 10.2. The predicted octanol–water partition coefficient (Wildman–Crippen LogP) is 5.10. The van der Waals surface area contributed by atoms with Gasteiger partial charge in [-0.05, 0) is 36.1 Å². The molecule has 0 bridgehead atoms. The van der Waals surface area contributed by atoms with Crippen molar-refractivity contribution in [3.8, 4) is 17.2 Å². The molecule has 1 nitrogen and oxygen atoms in total. The molecule has 0 aliphatic rings. The van der Waals surface area contributed by atoms with Crippen LogP contribution in [0.3, 0.4) is 0 Å². The van der Waals surface area contributed by atoms with Crippen LogP contribution >= 0.6 is 0 Å². The van der Waals surface area contributed by atoms with Crippen LogP contribution in [0.5, 0.6) is 0 Å². The highest BCUT2D eigenvalue weighted by atomic mass is 19.1. The van der Waals surface area contributed by atoms with Gasteiger partial charge >= 0.3 is 0 Å². The van der Waals surface area contributed by atoms with Crippen LogP contribution in [0.4, 0.5) is 4.39 Å². The lowest BCUT2D eigenvalue weighted by Crippen LogP contribution is -1.88. The van der Waals surface area contributed by atoms with E-state index in [2.05, 4.69) is 19.1 Å². The average Bonchev–Trinajstić information content (AvgIpc) is 2.48. The monoisotopic (exact) mass is 267 g/mol. The molecule has 0 saturated heterocycles. The zero-order valence-corrected chi connectivity index (χ0v) is 11.7. The second kappa shape index (κ2) is 6.86. The smallest absolute Gasteiger partial charge is 0.132 e. The molecular weight excluding hydrogens is 249 g/mol. The maximum absolute atomic E-state index is 13.9. The largest absolute Gasteiger partial charge is 0.206 e. The van der Waals surface area contributed by atoms with Gasteiger partial charge in [0.2, 0.25) is 0 Å². The van der Waals surface area contributed by atoms with Crippen LogP contribution in [0.2, 0.25) is 0 Å². The predicted molar refractivity (Wildman–Crippen MR) is 79.8 cm³/mol. The van der Waals surface area contributed by atoms with Crippen molar-refractivity contribution < 1.29 is 4.39 Å². The molecule has 2 heteroatoms. The van der Waals surface area contributed by atoms with Gasteiger partial charge in [-0.15, -0.1) is 0 Å². The average molecular weight is 267 g/mol. The summed E-state index contributed by atoms with van der Waals surface area (Å²) in [6.45, 7) is 2.19. The number of hydrogen-bond acceptors (Lipinski definition) is 1. The van der Waals surface area contributed by atoms with Crippen LogP contribution in [0.15, 0.2) is 42.5 Å². The Morgan fingerprint density at radius 2 is 1.80 bits per heavy atom. The quantitative estimate of drug-likeness (QED) is 0.692. The van der Waals surface area contributed by atoms with Gasteiger partial charge in [-0.2, -0.15) is 5.26 Å². The van der Waals surface area contributed by atoms with Gasteiger partial charge in [0.25, 0.3) is 0 Å². The summed E-state index contributed by atoms with van der Waals surface area (Å²) in [5, 5.41) is 8.75. The third-order valence-electron chi connectivity index (χ3n) is 3.43. The van der Waals surface area contributed by atoms with Crippen LogP contribution in [-0.4, -0.2) is 0 Å². The van der Waals surface area contributed by atoms with Crippen molar-refractivity contribution >= 4 is 0 Å². The highest BCUT2D eigenvalue weighted by Crippen LogP contribution is 2.24. The molecule has 0 fully saturated rings. The lowest BCUT2D eigenvalue weighted by Gasteiger charge is -2.06. The summed E-state index contributed by atoms with van der Waals surface area (Å²) in [4.78, 5) is 0. The summed E-state index contributed by atoms with van der Waals surface area (Å²) in [6, 6.07) is 14.6. The van der Waals surface area contributed by atoms with E-state index in [9.17, 15) is 4.39 Å². The van der Waals surface area contributed by atoms with Gasteiger partial charge in [0, 0.05) is 5.56 Å². The molecule has 102 valence electrons. The molecule has 0 aliphatic heterocycles. The van der Waals surface area contributed by atoms with Gasteiger partial charge in [-0.25, -0.2) is 4.39 Å². The van der Waals surface area contributed by atoms with Crippen molar-refractivity contribution in [2.45, 2.75) is 32.6 Å². The molecule has 2 rings (SSSR count). The molecule has 0 N–H and O–H groups in total. The van der Waals surface area contributed by atoms with Gasteiger partial charge in [0.05, 0.1) is 11.6 Å². The second-order valence-corrected chi connectivity index (χ2v) is 4.96. The number of rotatable bonds is 5. The molecule has 0 saturated carbocycles. The van der Waals surface area contributed by atoms with Crippen molar-refractivity contribution in [1.82, 2.24) is 0 Å². The van der Waals surface area contributed by atoms with Crippen molar-refractivity contribution in [1.29, 1.82) is 5.26 Å². The molecule has 2 aromatic rings. The molecule has 0 aliphatic carbocycles. The fourth-order valence-corrected chi connectivity index (χ4v) is 2.25. The summed E-state index contributed by atoms with van der Waals surface area (Å²) in [5.74, 6) is -0.345. The lowest BCUT2D eigenvalue weighted by atomic mass is 10.00. The first-order valence-electron chi connectivity index (χ1n) is 7.03. The number of benzene rings is 2. The molecule has 0 unspecified atom stereocenters. The maximum Gasteiger partial charge on any atom is 0.132 e. The van der Waals surface area contributed by atoms with E-state index in [1.807, 2.05) is 18.2 Å². The van der Waals surface area contributed by atoms with E-state index in [-0.39, 0.29) is 5.82 Å². The van der Waals surface area contributed by atoms with Crippen LogP contribution in [0.1, 0.15) is 37.3 Å². The van der Waals surface area contributed by atoms with E-state index in [0.717, 1.165) is 12.0 Å².